The van der Waals surface area contributed by atoms with Crippen LogP contribution in [0.25, 0.3) is 0 Å². The largest absolute Gasteiger partial charge is 0.466 e. The molecule has 3 N–H and O–H groups in total. The van der Waals surface area contributed by atoms with E-state index in [0.717, 1.165) is 44.9 Å². The molecule has 6 nitrogen and oxygen atoms in total. The fourth-order valence-corrected chi connectivity index (χ4v) is 13.3. The molecule has 0 bridgehead atoms. The third-order valence-corrected chi connectivity index (χ3v) is 19.5. The molecule has 0 aromatic heterocycles. The highest BCUT2D eigenvalue weighted by molar-refractivity contribution is 5.76. The van der Waals surface area contributed by atoms with Crippen molar-refractivity contribution >= 4 is 11.9 Å². The molecule has 0 fully saturated rings. The Balaban J connectivity index is 3.37. The van der Waals surface area contributed by atoms with Crippen molar-refractivity contribution in [3.8, 4) is 0 Å². The van der Waals surface area contributed by atoms with Crippen molar-refractivity contribution in [3.05, 3.63) is 24.3 Å². The van der Waals surface area contributed by atoms with Gasteiger partial charge in [0.2, 0.25) is 5.91 Å². The van der Waals surface area contributed by atoms with Gasteiger partial charge < -0.3 is 20.3 Å². The predicted octanol–water partition coefficient (Wildman–Crippen LogP) is 27.2. The summed E-state index contributed by atoms with van der Waals surface area (Å²) in [7, 11) is 0. The number of aliphatic hydroxyl groups excluding tert-OH is 2. The topological polar surface area (TPSA) is 95.9 Å². The van der Waals surface area contributed by atoms with Crippen LogP contribution in [0.5, 0.6) is 0 Å². The van der Waals surface area contributed by atoms with Gasteiger partial charge in [0.1, 0.15) is 0 Å². The number of amides is 1. The van der Waals surface area contributed by atoms with Crippen LogP contribution in [0.15, 0.2) is 24.3 Å². The van der Waals surface area contributed by atoms with Gasteiger partial charge in [0.25, 0.3) is 0 Å². The van der Waals surface area contributed by atoms with E-state index in [0.29, 0.717) is 25.9 Å². The molecule has 0 radical (unpaired) electrons. The lowest BCUT2D eigenvalue weighted by Crippen LogP contribution is -2.45. The number of unbranched alkanes of at least 4 members (excludes halogenated alkanes) is 63. The van der Waals surface area contributed by atoms with Crippen LogP contribution >= 0.6 is 0 Å². The Morgan fingerprint density at radius 1 is 0.315 bits per heavy atom. The molecule has 0 aromatic carbocycles. The van der Waals surface area contributed by atoms with Crippen molar-refractivity contribution in [3.63, 3.8) is 0 Å². The SMILES string of the molecule is CCCCCCCCCCCCCCCCCCCCCCCCCCC(O)C(CO)NC(=O)CCCCCCCCCCCCCCCCCCC/C=C\C/C=C\CCCCCCCCCCCOC(=O)CCCCCCCCCCCCCCCCC. The molecule has 0 aromatic rings. The zero-order valence-corrected chi connectivity index (χ0v) is 60.7. The number of ether oxygens (including phenoxy) is 1. The molecule has 0 heterocycles. The molecular formula is C83H161NO5. The first-order valence-corrected chi connectivity index (χ1v) is 41.1. The molecular weight excluding hydrogens is 1090 g/mol. The number of allylic oxidation sites excluding steroid dienone is 4. The minimum Gasteiger partial charge on any atom is -0.466 e. The van der Waals surface area contributed by atoms with E-state index in [2.05, 4.69) is 43.5 Å². The summed E-state index contributed by atoms with van der Waals surface area (Å²) in [4.78, 5) is 24.7. The van der Waals surface area contributed by atoms with Crippen molar-refractivity contribution in [1.82, 2.24) is 5.32 Å². The Hall–Kier alpha value is -1.66. The normalized spacial score (nSPS) is 12.5. The molecule has 89 heavy (non-hydrogen) atoms. The molecule has 6 heteroatoms. The first kappa shape index (κ1) is 87.3. The van der Waals surface area contributed by atoms with Crippen molar-refractivity contribution in [1.29, 1.82) is 0 Å². The van der Waals surface area contributed by atoms with Gasteiger partial charge >= 0.3 is 5.97 Å². The highest BCUT2D eigenvalue weighted by Crippen LogP contribution is 2.20. The van der Waals surface area contributed by atoms with Crippen LogP contribution in [-0.2, 0) is 14.3 Å². The van der Waals surface area contributed by atoms with Gasteiger partial charge in [0.05, 0.1) is 25.4 Å². The first-order valence-electron chi connectivity index (χ1n) is 41.1. The number of carbonyl (C=O) groups is 2. The molecule has 0 aliphatic rings. The lowest BCUT2D eigenvalue weighted by atomic mass is 10.0. The summed E-state index contributed by atoms with van der Waals surface area (Å²) in [6.07, 6.45) is 101. The molecule has 2 atom stereocenters. The van der Waals surface area contributed by atoms with Crippen LogP contribution in [0.1, 0.15) is 470 Å². The quantitative estimate of drug-likeness (QED) is 0.0320. The van der Waals surface area contributed by atoms with Gasteiger partial charge in [-0.25, -0.2) is 0 Å². The van der Waals surface area contributed by atoms with Crippen LogP contribution < -0.4 is 5.32 Å². The van der Waals surface area contributed by atoms with Crippen LogP contribution in [0.4, 0.5) is 0 Å². The molecule has 0 saturated carbocycles. The van der Waals surface area contributed by atoms with E-state index in [1.807, 2.05) is 0 Å². The number of hydrogen-bond donors (Lipinski definition) is 3. The maximum atomic E-state index is 12.6. The second kappa shape index (κ2) is 78.8. The van der Waals surface area contributed by atoms with Crippen LogP contribution in [0.3, 0.4) is 0 Å². The van der Waals surface area contributed by atoms with E-state index < -0.39 is 12.1 Å². The average Bonchev–Trinajstić information content (AvgIpc) is 3.55. The number of hydrogen-bond acceptors (Lipinski definition) is 5. The van der Waals surface area contributed by atoms with E-state index in [9.17, 15) is 19.8 Å². The Morgan fingerprint density at radius 2 is 0.562 bits per heavy atom. The smallest absolute Gasteiger partial charge is 0.305 e. The monoisotopic (exact) mass is 1250 g/mol. The molecule has 2 unspecified atom stereocenters. The van der Waals surface area contributed by atoms with Crippen LogP contribution in [0, 0.1) is 0 Å². The summed E-state index contributed by atoms with van der Waals surface area (Å²) in [6, 6.07) is -0.541. The van der Waals surface area contributed by atoms with Crippen molar-refractivity contribution in [2.24, 2.45) is 0 Å². The summed E-state index contributed by atoms with van der Waals surface area (Å²) < 4.78 is 5.50. The Morgan fingerprint density at radius 3 is 0.854 bits per heavy atom. The molecule has 0 aliphatic carbocycles. The highest BCUT2D eigenvalue weighted by atomic mass is 16.5. The summed E-state index contributed by atoms with van der Waals surface area (Å²) >= 11 is 0. The van der Waals surface area contributed by atoms with Gasteiger partial charge in [0, 0.05) is 12.8 Å². The summed E-state index contributed by atoms with van der Waals surface area (Å²) in [6.45, 7) is 5.01. The third kappa shape index (κ3) is 75.3. The van der Waals surface area contributed by atoms with Crippen LogP contribution in [-0.4, -0.2) is 47.4 Å². The first-order chi connectivity index (χ1) is 44.0. The standard InChI is InChI=1S/C83H161NO5/c1-3-5-7-9-11-13-15-17-19-20-21-22-23-35-38-41-44-48-51-55-59-63-67-71-75-81(86)80(79-85)84-82(87)76-72-68-64-60-56-52-49-45-42-39-36-33-31-29-27-25-24-26-28-30-32-34-37-40-43-46-50-54-58-62-66-70-74-78-89-83(88)77-73-69-65-61-57-53-47-18-16-14-12-10-8-6-4-2/h28,30,34,37,80-81,85-86H,3-27,29,31-33,35-36,38-79H2,1-2H3,(H,84,87)/b30-28-,37-34-. The highest BCUT2D eigenvalue weighted by Gasteiger charge is 2.20. The zero-order chi connectivity index (χ0) is 64.2. The van der Waals surface area contributed by atoms with Crippen molar-refractivity contribution in [2.75, 3.05) is 13.2 Å². The van der Waals surface area contributed by atoms with Gasteiger partial charge in [-0.05, 0) is 57.8 Å². The second-order valence-electron chi connectivity index (χ2n) is 28.5. The van der Waals surface area contributed by atoms with Gasteiger partial charge in [-0.15, -0.1) is 0 Å². The molecule has 0 rings (SSSR count). The second-order valence-corrected chi connectivity index (χ2v) is 28.5. The number of nitrogens with one attached hydrogen (secondary N) is 1. The summed E-state index contributed by atoms with van der Waals surface area (Å²) in [5.41, 5.74) is 0. The van der Waals surface area contributed by atoms with Gasteiger partial charge in [-0.3, -0.25) is 9.59 Å². The van der Waals surface area contributed by atoms with Crippen molar-refractivity contribution in [2.45, 2.75) is 482 Å². The molecule has 0 saturated heterocycles. The van der Waals surface area contributed by atoms with E-state index in [4.69, 9.17) is 4.74 Å². The van der Waals surface area contributed by atoms with Gasteiger partial charge in [0.15, 0.2) is 0 Å². The third-order valence-electron chi connectivity index (χ3n) is 19.5. The van der Waals surface area contributed by atoms with E-state index in [1.165, 1.54) is 392 Å². The minimum atomic E-state index is -0.665. The summed E-state index contributed by atoms with van der Waals surface area (Å²) in [5.74, 6) is -0.00886. The number of esters is 1. The van der Waals surface area contributed by atoms with Crippen molar-refractivity contribution < 1.29 is 24.5 Å². The number of aliphatic hydroxyl groups is 2. The lowest BCUT2D eigenvalue weighted by molar-refractivity contribution is -0.143. The number of carbonyl (C=O) groups excluding carboxylic acids is 2. The molecule has 528 valence electrons. The fourth-order valence-electron chi connectivity index (χ4n) is 13.3. The maximum absolute atomic E-state index is 12.6. The maximum Gasteiger partial charge on any atom is 0.305 e. The van der Waals surface area contributed by atoms with E-state index in [-0.39, 0.29) is 18.5 Å². The van der Waals surface area contributed by atoms with Gasteiger partial charge in [-0.1, -0.05) is 423 Å². The van der Waals surface area contributed by atoms with E-state index in [1.54, 1.807) is 0 Å². The number of rotatable bonds is 78. The lowest BCUT2D eigenvalue weighted by Gasteiger charge is -2.22. The summed E-state index contributed by atoms with van der Waals surface area (Å²) in [5, 5.41) is 23.5. The Labute approximate surface area is 558 Å². The molecule has 0 spiro atoms. The Kier molecular flexibility index (Phi) is 77.3. The minimum absolute atomic E-state index is 0.0182. The predicted molar refractivity (Wildman–Crippen MR) is 393 cm³/mol. The van der Waals surface area contributed by atoms with Gasteiger partial charge in [-0.2, -0.15) is 0 Å². The average molecular weight is 1250 g/mol. The Bertz CT molecular complexity index is 1400. The molecule has 0 aliphatic heterocycles. The fraction of sp³-hybridized carbons (Fsp3) is 0.928. The molecule has 1 amide bonds. The zero-order valence-electron chi connectivity index (χ0n) is 60.7. The van der Waals surface area contributed by atoms with E-state index >= 15 is 0 Å². The van der Waals surface area contributed by atoms with Crippen LogP contribution in [0.2, 0.25) is 0 Å².